The number of alkyl halides is 3. The number of rotatable bonds is 8. The highest BCUT2D eigenvalue weighted by Gasteiger charge is 2.39. The minimum atomic E-state index is -4.84. The second kappa shape index (κ2) is 14.1. The molecule has 2 atom stereocenters. The monoisotopic (exact) mass is 788 g/mol. The lowest BCUT2D eigenvalue weighted by molar-refractivity contribution is -0.207. The lowest BCUT2D eigenvalue weighted by Crippen LogP contribution is -2.47. The van der Waals surface area contributed by atoms with Gasteiger partial charge in [-0.3, -0.25) is 23.4 Å². The molecule has 272 valence electrons. The number of nitrogens with zero attached hydrogens (tertiary/aromatic N) is 7. The Bertz CT molecular complexity index is 2420. The van der Waals surface area contributed by atoms with Crippen LogP contribution in [0.15, 0.2) is 94.6 Å². The van der Waals surface area contributed by atoms with Gasteiger partial charge in [-0.1, -0.05) is 40.2 Å². The van der Waals surface area contributed by atoms with Crippen LogP contribution in [0.1, 0.15) is 44.6 Å². The number of amides is 2. The van der Waals surface area contributed by atoms with Gasteiger partial charge in [0.1, 0.15) is 5.69 Å². The highest BCUT2D eigenvalue weighted by atomic mass is 79.9. The highest BCUT2D eigenvalue weighted by Crippen LogP contribution is 2.28. The van der Waals surface area contributed by atoms with Crippen molar-refractivity contribution in [3.8, 4) is 17.1 Å². The number of imidazole rings is 1. The first-order valence-corrected chi connectivity index (χ1v) is 17.4. The number of aryl methyl sites for hydroxylation is 1. The minimum absolute atomic E-state index is 0.000589. The fraction of sp³-hybridized carbons (Fsp3) is 0.243. The summed E-state index contributed by atoms with van der Waals surface area (Å²) in [7, 11) is 0. The molecule has 12 nitrogen and oxygen atoms in total. The number of fused-ring (bicyclic) bond motifs is 2. The number of aliphatic hydroxyl groups excluding tert-OH is 1. The van der Waals surface area contributed by atoms with E-state index in [2.05, 4.69) is 36.3 Å². The number of halogens is 4. The van der Waals surface area contributed by atoms with E-state index in [4.69, 9.17) is 0 Å². The molecule has 0 bridgehead atoms. The Hall–Kier alpha value is -5.61. The van der Waals surface area contributed by atoms with Crippen molar-refractivity contribution in [1.29, 1.82) is 0 Å². The molecule has 0 radical (unpaired) electrons. The predicted molar refractivity (Wildman–Crippen MR) is 192 cm³/mol. The van der Waals surface area contributed by atoms with E-state index in [-0.39, 0.29) is 42.4 Å². The van der Waals surface area contributed by atoms with Gasteiger partial charge in [0.25, 0.3) is 11.8 Å². The van der Waals surface area contributed by atoms with Gasteiger partial charge in [-0.05, 0) is 67.4 Å². The third-order valence-corrected chi connectivity index (χ3v) is 10.2. The molecule has 0 saturated heterocycles. The van der Waals surface area contributed by atoms with Crippen molar-refractivity contribution < 1.29 is 27.9 Å². The van der Waals surface area contributed by atoms with Crippen LogP contribution in [0.25, 0.3) is 28.0 Å². The largest absolute Gasteiger partial charge is 0.416 e. The maximum atomic E-state index is 14.4. The van der Waals surface area contributed by atoms with Gasteiger partial charge in [-0.15, -0.1) is 0 Å². The molecule has 2 N–H and O–H groups in total. The Kier molecular flexibility index (Phi) is 9.50. The van der Waals surface area contributed by atoms with Crippen LogP contribution in [-0.4, -0.2) is 69.0 Å². The summed E-state index contributed by atoms with van der Waals surface area (Å²) >= 11 is 3.47. The summed E-state index contributed by atoms with van der Waals surface area (Å²) in [6.07, 6.45) is -2.90. The number of aliphatic hydroxyl groups is 1. The Morgan fingerprint density at radius 1 is 1.06 bits per heavy atom. The Balaban J connectivity index is 1.29. The Labute approximate surface area is 308 Å². The number of nitrogens with one attached hydrogen (secondary N) is 1. The molecule has 7 rings (SSSR count). The number of carbonyl (C=O) groups excluding carboxylic acids is 2. The van der Waals surface area contributed by atoms with E-state index < -0.39 is 36.5 Å². The molecule has 1 aliphatic rings. The summed E-state index contributed by atoms with van der Waals surface area (Å²) in [6, 6.07) is 18.4. The van der Waals surface area contributed by atoms with Crippen LogP contribution in [0.3, 0.4) is 0 Å². The second-order valence-corrected chi connectivity index (χ2v) is 13.7. The fourth-order valence-electron chi connectivity index (χ4n) is 6.52. The molecule has 3 aromatic carbocycles. The molecule has 0 spiro atoms. The van der Waals surface area contributed by atoms with Crippen LogP contribution >= 0.6 is 15.9 Å². The molecular formula is C37H32BrF3N8O4. The molecule has 4 heterocycles. The zero-order valence-corrected chi connectivity index (χ0v) is 30.0. The van der Waals surface area contributed by atoms with Gasteiger partial charge in [-0.25, -0.2) is 14.8 Å². The molecule has 3 aromatic heterocycles. The molecule has 53 heavy (non-hydrogen) atoms. The molecule has 6 aromatic rings. The van der Waals surface area contributed by atoms with Crippen LogP contribution in [0.4, 0.5) is 13.2 Å². The van der Waals surface area contributed by atoms with E-state index in [1.165, 1.54) is 27.5 Å². The van der Waals surface area contributed by atoms with Crippen molar-refractivity contribution in [2.24, 2.45) is 0 Å². The van der Waals surface area contributed by atoms with Crippen molar-refractivity contribution in [3.05, 3.63) is 128 Å². The fourth-order valence-corrected chi connectivity index (χ4v) is 6.77. The van der Waals surface area contributed by atoms with E-state index in [0.717, 1.165) is 20.3 Å². The van der Waals surface area contributed by atoms with E-state index in [0.29, 0.717) is 28.0 Å². The van der Waals surface area contributed by atoms with Gasteiger partial charge < -0.3 is 15.3 Å². The third-order valence-electron chi connectivity index (χ3n) is 9.30. The SMILES string of the molecule is Cc1cc(C(=O)N2Cc3c(C(=O)NCc4ccccc4-c4ncccn4)n(-c4ccc5c(cnn5C[C@H](O)C(F)(F)F)c4)c(=O)n3C[C@@H]2C)ccc1Br. The number of hydrogen-bond acceptors (Lipinski definition) is 7. The van der Waals surface area contributed by atoms with Gasteiger partial charge in [-0.2, -0.15) is 18.3 Å². The molecule has 2 amide bonds. The Morgan fingerprint density at radius 2 is 1.81 bits per heavy atom. The second-order valence-electron chi connectivity index (χ2n) is 12.8. The number of carbonyl (C=O) groups is 2. The van der Waals surface area contributed by atoms with Crippen molar-refractivity contribution in [3.63, 3.8) is 0 Å². The quantitative estimate of drug-likeness (QED) is 0.210. The van der Waals surface area contributed by atoms with Crippen molar-refractivity contribution >= 4 is 38.6 Å². The summed E-state index contributed by atoms with van der Waals surface area (Å²) in [6.45, 7) is 2.99. The van der Waals surface area contributed by atoms with Gasteiger partial charge in [0.2, 0.25) is 0 Å². The summed E-state index contributed by atoms with van der Waals surface area (Å²) in [4.78, 5) is 52.8. The normalized spacial score (nSPS) is 15.0. The summed E-state index contributed by atoms with van der Waals surface area (Å²) in [5.74, 6) is -0.388. The smallest absolute Gasteiger partial charge is 0.382 e. The van der Waals surface area contributed by atoms with Crippen molar-refractivity contribution in [2.75, 3.05) is 0 Å². The van der Waals surface area contributed by atoms with Gasteiger partial charge in [0.15, 0.2) is 11.9 Å². The lowest BCUT2D eigenvalue weighted by Gasteiger charge is -2.34. The molecule has 0 aliphatic carbocycles. The minimum Gasteiger partial charge on any atom is -0.382 e. The van der Waals surface area contributed by atoms with E-state index >= 15 is 0 Å². The molecular weight excluding hydrogens is 757 g/mol. The number of aromatic nitrogens is 6. The average molecular weight is 790 g/mol. The first-order valence-electron chi connectivity index (χ1n) is 16.6. The van der Waals surface area contributed by atoms with Crippen LogP contribution < -0.4 is 11.0 Å². The Morgan fingerprint density at radius 3 is 2.55 bits per heavy atom. The molecule has 0 saturated carbocycles. The standard InChI is InChI=1S/C37H32BrF3N8O4/c1-21-14-23(8-10-28(21)38)35(52)46-19-30-32(34(51)44-16-24-6-3-4-7-27(24)33-42-12-5-13-43-33)49(36(53)47(30)18-22(46)2)26-9-11-29-25(15-26)17-45-48(29)20-31(50)37(39,40)41/h3-15,17,22,31,50H,16,18-20H2,1-2H3,(H,44,51)/t22-,31-/m0/s1. The zero-order valence-electron chi connectivity index (χ0n) is 28.4. The van der Waals surface area contributed by atoms with Crippen LogP contribution in [-0.2, 0) is 26.2 Å². The van der Waals surface area contributed by atoms with Crippen molar-refractivity contribution in [2.45, 2.75) is 58.3 Å². The highest BCUT2D eigenvalue weighted by molar-refractivity contribution is 9.10. The first-order chi connectivity index (χ1) is 25.3. The van der Waals surface area contributed by atoms with Crippen molar-refractivity contribution in [1.82, 2.24) is 39.1 Å². The van der Waals surface area contributed by atoms with E-state index in [1.807, 2.05) is 38.1 Å². The van der Waals surface area contributed by atoms with Gasteiger partial charge in [0.05, 0.1) is 36.2 Å². The van der Waals surface area contributed by atoms with E-state index in [1.54, 1.807) is 47.6 Å². The predicted octanol–water partition coefficient (Wildman–Crippen LogP) is 5.41. The van der Waals surface area contributed by atoms with E-state index in [9.17, 15) is 32.7 Å². The van der Waals surface area contributed by atoms with Gasteiger partial charge >= 0.3 is 11.9 Å². The molecule has 0 unspecified atom stereocenters. The molecule has 16 heteroatoms. The summed E-state index contributed by atoms with van der Waals surface area (Å²) < 4.78 is 44.0. The maximum Gasteiger partial charge on any atom is 0.416 e. The van der Waals surface area contributed by atoms with Gasteiger partial charge in [0, 0.05) is 52.5 Å². The first kappa shape index (κ1) is 35.8. The average Bonchev–Trinajstić information content (AvgIpc) is 3.67. The number of hydrogen-bond donors (Lipinski definition) is 2. The van der Waals surface area contributed by atoms with Crippen LogP contribution in [0.2, 0.25) is 0 Å². The zero-order chi connectivity index (χ0) is 37.6. The topological polar surface area (TPSA) is 140 Å². The molecule has 1 aliphatic heterocycles. The summed E-state index contributed by atoms with van der Waals surface area (Å²) in [5.41, 5.74) is 3.09. The number of benzene rings is 3. The maximum absolute atomic E-state index is 14.4. The molecule has 0 fully saturated rings. The lowest BCUT2D eigenvalue weighted by atomic mass is 10.1. The third kappa shape index (κ3) is 6.87. The van der Waals surface area contributed by atoms with Crippen LogP contribution in [0, 0.1) is 6.92 Å². The summed E-state index contributed by atoms with van der Waals surface area (Å²) in [5, 5.41) is 17.0. The van der Waals surface area contributed by atoms with Crippen LogP contribution in [0.5, 0.6) is 0 Å².